The maximum Gasteiger partial charge on any atom is 0.261 e. The summed E-state index contributed by atoms with van der Waals surface area (Å²) in [5, 5.41) is 5.26. The number of hydrogen-bond acceptors (Lipinski definition) is 5. The van der Waals surface area contributed by atoms with Crippen molar-refractivity contribution in [2.45, 2.75) is 11.8 Å². The van der Waals surface area contributed by atoms with Gasteiger partial charge in [0.1, 0.15) is 5.75 Å². The highest BCUT2D eigenvalue weighted by Crippen LogP contribution is 2.28. The van der Waals surface area contributed by atoms with E-state index in [0.717, 1.165) is 11.1 Å². The molecule has 0 radical (unpaired) electrons. The van der Waals surface area contributed by atoms with Crippen molar-refractivity contribution in [3.05, 3.63) is 41.2 Å². The molecule has 0 aliphatic carbocycles. The molecule has 2 aromatic heterocycles. The predicted molar refractivity (Wildman–Crippen MR) is 92.1 cm³/mol. The maximum absolute atomic E-state index is 12.5. The summed E-state index contributed by atoms with van der Waals surface area (Å²) < 4.78 is 34.2. The number of benzene rings is 1. The molecule has 0 saturated carbocycles. The summed E-state index contributed by atoms with van der Waals surface area (Å²) in [5.41, 5.74) is 1.81. The number of anilines is 1. The van der Waals surface area contributed by atoms with Crippen molar-refractivity contribution >= 4 is 38.3 Å². The van der Waals surface area contributed by atoms with Crippen LogP contribution in [0.2, 0.25) is 5.02 Å². The Labute approximate surface area is 144 Å². The summed E-state index contributed by atoms with van der Waals surface area (Å²) in [4.78, 5) is 4.29. The molecule has 9 heteroatoms. The van der Waals surface area contributed by atoms with Gasteiger partial charge in [0.25, 0.3) is 10.0 Å². The number of aromatic nitrogens is 3. The van der Waals surface area contributed by atoms with Crippen LogP contribution in [0.15, 0.2) is 35.4 Å². The van der Waals surface area contributed by atoms with Gasteiger partial charge in [-0.25, -0.2) is 13.4 Å². The molecule has 7 nitrogen and oxygen atoms in total. The lowest BCUT2D eigenvalue weighted by atomic mass is 10.3. The minimum Gasteiger partial charge on any atom is -0.495 e. The summed E-state index contributed by atoms with van der Waals surface area (Å²) >= 11 is 6.00. The SMILES string of the molecule is COc1ccc(S(=O)(=O)Nc2cnc3c(c2)c(C)nn3C)cc1Cl. The first-order valence-electron chi connectivity index (χ1n) is 6.97. The van der Waals surface area contributed by atoms with Gasteiger partial charge in [0.2, 0.25) is 0 Å². The molecule has 0 saturated heterocycles. The Balaban J connectivity index is 1.97. The van der Waals surface area contributed by atoms with E-state index in [1.54, 1.807) is 17.8 Å². The van der Waals surface area contributed by atoms with Crippen LogP contribution in [-0.4, -0.2) is 30.3 Å². The Morgan fingerprint density at radius 2 is 2.04 bits per heavy atom. The van der Waals surface area contributed by atoms with Gasteiger partial charge in [-0.15, -0.1) is 0 Å². The number of sulfonamides is 1. The van der Waals surface area contributed by atoms with Gasteiger partial charge in [-0.05, 0) is 31.2 Å². The standard InChI is InChI=1S/C15H15ClN4O3S/c1-9-12-6-10(8-17-15(12)20(2)18-9)19-24(21,22)11-4-5-14(23-3)13(16)7-11/h4-8,19H,1-3H3. The van der Waals surface area contributed by atoms with Crippen molar-refractivity contribution in [2.75, 3.05) is 11.8 Å². The molecular weight excluding hydrogens is 352 g/mol. The molecule has 0 atom stereocenters. The van der Waals surface area contributed by atoms with Crippen molar-refractivity contribution in [3.63, 3.8) is 0 Å². The van der Waals surface area contributed by atoms with E-state index < -0.39 is 10.0 Å². The number of aryl methyl sites for hydroxylation is 2. The van der Waals surface area contributed by atoms with Gasteiger partial charge in [-0.1, -0.05) is 11.6 Å². The van der Waals surface area contributed by atoms with Crippen LogP contribution in [0.25, 0.3) is 11.0 Å². The zero-order valence-electron chi connectivity index (χ0n) is 13.2. The molecule has 1 aromatic carbocycles. The van der Waals surface area contributed by atoms with E-state index in [-0.39, 0.29) is 9.92 Å². The first-order valence-corrected chi connectivity index (χ1v) is 8.83. The number of ether oxygens (including phenoxy) is 1. The molecule has 0 aliphatic heterocycles. The number of pyridine rings is 1. The lowest BCUT2D eigenvalue weighted by Gasteiger charge is -2.10. The van der Waals surface area contributed by atoms with Crippen LogP contribution < -0.4 is 9.46 Å². The molecule has 126 valence electrons. The molecule has 0 unspecified atom stereocenters. The summed E-state index contributed by atoms with van der Waals surface area (Å²) in [7, 11) is -0.546. The number of hydrogen-bond donors (Lipinski definition) is 1. The molecule has 3 rings (SSSR count). The number of fused-ring (bicyclic) bond motifs is 1. The quantitative estimate of drug-likeness (QED) is 0.767. The van der Waals surface area contributed by atoms with E-state index in [0.29, 0.717) is 17.1 Å². The van der Waals surface area contributed by atoms with E-state index in [4.69, 9.17) is 16.3 Å². The van der Waals surface area contributed by atoms with Crippen LogP contribution in [0.5, 0.6) is 5.75 Å². The second-order valence-corrected chi connectivity index (χ2v) is 7.30. The van der Waals surface area contributed by atoms with Gasteiger partial charge in [0.05, 0.1) is 34.6 Å². The van der Waals surface area contributed by atoms with Gasteiger partial charge in [0, 0.05) is 12.4 Å². The van der Waals surface area contributed by atoms with Gasteiger partial charge in [-0.3, -0.25) is 9.40 Å². The summed E-state index contributed by atoms with van der Waals surface area (Å²) in [6.45, 7) is 1.84. The number of nitrogens with zero attached hydrogens (tertiary/aromatic N) is 3. The molecule has 0 fully saturated rings. The third-order valence-corrected chi connectivity index (χ3v) is 5.22. The van der Waals surface area contributed by atoms with Crippen molar-refractivity contribution in [3.8, 4) is 5.75 Å². The van der Waals surface area contributed by atoms with Gasteiger partial charge >= 0.3 is 0 Å². The molecule has 0 bridgehead atoms. The highest BCUT2D eigenvalue weighted by molar-refractivity contribution is 7.92. The molecule has 0 amide bonds. The van der Waals surface area contributed by atoms with E-state index in [2.05, 4.69) is 14.8 Å². The van der Waals surface area contributed by atoms with Crippen molar-refractivity contribution in [2.24, 2.45) is 7.05 Å². The molecular formula is C15H15ClN4O3S. The number of halogens is 1. The molecule has 2 heterocycles. The van der Waals surface area contributed by atoms with Gasteiger partial charge in [0.15, 0.2) is 5.65 Å². The fourth-order valence-corrected chi connectivity index (χ4v) is 3.77. The third-order valence-electron chi connectivity index (χ3n) is 3.55. The monoisotopic (exact) mass is 366 g/mol. The largest absolute Gasteiger partial charge is 0.495 e. The fourth-order valence-electron chi connectivity index (χ4n) is 2.39. The topological polar surface area (TPSA) is 86.1 Å². The first-order chi connectivity index (χ1) is 11.3. The van der Waals surface area contributed by atoms with Crippen molar-refractivity contribution < 1.29 is 13.2 Å². The van der Waals surface area contributed by atoms with Crippen LogP contribution in [-0.2, 0) is 17.1 Å². The lowest BCUT2D eigenvalue weighted by Crippen LogP contribution is -2.13. The molecule has 0 aliphatic rings. The Bertz CT molecular complexity index is 1030. The Morgan fingerprint density at radius 1 is 1.29 bits per heavy atom. The van der Waals surface area contributed by atoms with Crippen LogP contribution in [0.3, 0.4) is 0 Å². The Morgan fingerprint density at radius 3 is 2.71 bits per heavy atom. The van der Waals surface area contributed by atoms with E-state index in [1.165, 1.54) is 31.5 Å². The van der Waals surface area contributed by atoms with Crippen LogP contribution in [0.1, 0.15) is 5.69 Å². The van der Waals surface area contributed by atoms with Crippen LogP contribution in [0.4, 0.5) is 5.69 Å². The molecule has 0 spiro atoms. The molecule has 3 aromatic rings. The number of methoxy groups -OCH3 is 1. The van der Waals surface area contributed by atoms with Crippen molar-refractivity contribution in [1.82, 2.24) is 14.8 Å². The highest BCUT2D eigenvalue weighted by Gasteiger charge is 2.17. The zero-order chi connectivity index (χ0) is 17.5. The smallest absolute Gasteiger partial charge is 0.261 e. The lowest BCUT2D eigenvalue weighted by molar-refractivity contribution is 0.414. The third kappa shape index (κ3) is 2.90. The first kappa shape index (κ1) is 16.5. The van der Waals surface area contributed by atoms with Gasteiger partial charge in [-0.2, -0.15) is 5.10 Å². The molecule has 1 N–H and O–H groups in total. The number of rotatable bonds is 4. The van der Waals surface area contributed by atoms with E-state index in [9.17, 15) is 8.42 Å². The Kier molecular flexibility index (Phi) is 4.10. The van der Waals surface area contributed by atoms with Crippen LogP contribution >= 0.6 is 11.6 Å². The molecule has 24 heavy (non-hydrogen) atoms. The highest BCUT2D eigenvalue weighted by atomic mass is 35.5. The fraction of sp³-hybridized carbons (Fsp3) is 0.200. The summed E-state index contributed by atoms with van der Waals surface area (Å²) in [5.74, 6) is 0.407. The van der Waals surface area contributed by atoms with E-state index >= 15 is 0 Å². The second kappa shape index (κ2) is 5.95. The summed E-state index contributed by atoms with van der Waals surface area (Å²) in [6.07, 6.45) is 1.45. The van der Waals surface area contributed by atoms with Crippen LogP contribution in [0, 0.1) is 6.92 Å². The number of nitrogens with one attached hydrogen (secondary N) is 1. The van der Waals surface area contributed by atoms with Gasteiger partial charge < -0.3 is 4.74 Å². The second-order valence-electron chi connectivity index (χ2n) is 5.21. The predicted octanol–water partition coefficient (Wildman–Crippen LogP) is 2.74. The average molecular weight is 367 g/mol. The average Bonchev–Trinajstić information content (AvgIpc) is 2.81. The zero-order valence-corrected chi connectivity index (χ0v) is 14.8. The minimum atomic E-state index is -3.79. The maximum atomic E-state index is 12.5. The Hall–Kier alpha value is -2.32. The summed E-state index contributed by atoms with van der Waals surface area (Å²) in [6, 6.07) is 5.97. The minimum absolute atomic E-state index is 0.0382. The van der Waals surface area contributed by atoms with Crippen molar-refractivity contribution in [1.29, 1.82) is 0 Å². The van der Waals surface area contributed by atoms with E-state index in [1.807, 2.05) is 6.92 Å². The normalized spacial score (nSPS) is 11.7.